The van der Waals surface area contributed by atoms with Crippen molar-refractivity contribution in [1.82, 2.24) is 10.6 Å². The van der Waals surface area contributed by atoms with E-state index in [1.807, 2.05) is 13.8 Å². The van der Waals surface area contributed by atoms with Crippen molar-refractivity contribution >= 4 is 11.8 Å². The van der Waals surface area contributed by atoms with Crippen LogP contribution in [-0.2, 0) is 9.59 Å². The van der Waals surface area contributed by atoms with Gasteiger partial charge in [0.2, 0.25) is 11.8 Å². The summed E-state index contributed by atoms with van der Waals surface area (Å²) >= 11 is 0. The van der Waals surface area contributed by atoms with Crippen molar-refractivity contribution in [3.05, 3.63) is 35.6 Å². The molecule has 4 N–H and O–H groups in total. The summed E-state index contributed by atoms with van der Waals surface area (Å²) in [6.07, 6.45) is 0. The molecule has 0 saturated heterocycles. The van der Waals surface area contributed by atoms with Crippen LogP contribution in [0.1, 0.15) is 32.4 Å². The number of amides is 2. The van der Waals surface area contributed by atoms with E-state index in [1.54, 1.807) is 19.1 Å². The van der Waals surface area contributed by atoms with Gasteiger partial charge in [0.05, 0.1) is 18.6 Å². The van der Waals surface area contributed by atoms with E-state index in [2.05, 4.69) is 10.6 Å². The molecular formula is C15H22FN3O2. The van der Waals surface area contributed by atoms with Gasteiger partial charge in [0, 0.05) is 0 Å². The van der Waals surface area contributed by atoms with Crippen LogP contribution in [0.3, 0.4) is 0 Å². The summed E-state index contributed by atoms with van der Waals surface area (Å²) in [5.74, 6) is -1.07. The number of rotatable bonds is 6. The number of halogens is 1. The number of nitrogens with one attached hydrogen (secondary N) is 2. The van der Waals surface area contributed by atoms with Crippen LogP contribution in [0.2, 0.25) is 0 Å². The molecule has 1 aromatic rings. The van der Waals surface area contributed by atoms with Gasteiger partial charge in [-0.2, -0.15) is 0 Å². The van der Waals surface area contributed by atoms with E-state index in [0.717, 1.165) is 0 Å². The highest BCUT2D eigenvalue weighted by atomic mass is 19.1. The molecule has 0 heterocycles. The third-order valence-electron chi connectivity index (χ3n) is 3.17. The summed E-state index contributed by atoms with van der Waals surface area (Å²) in [6, 6.07) is 5.02. The monoisotopic (exact) mass is 295 g/mol. The Morgan fingerprint density at radius 2 is 1.95 bits per heavy atom. The van der Waals surface area contributed by atoms with Crippen molar-refractivity contribution in [2.24, 2.45) is 11.7 Å². The Morgan fingerprint density at radius 1 is 1.29 bits per heavy atom. The lowest BCUT2D eigenvalue weighted by atomic mass is 10.1. The molecule has 0 bridgehead atoms. The summed E-state index contributed by atoms with van der Waals surface area (Å²) in [5, 5.41) is 5.17. The molecule has 0 fully saturated rings. The highest BCUT2D eigenvalue weighted by Gasteiger charge is 2.18. The first-order chi connectivity index (χ1) is 9.81. The maximum absolute atomic E-state index is 13.1. The summed E-state index contributed by atoms with van der Waals surface area (Å²) in [7, 11) is 0. The molecule has 5 nitrogen and oxygen atoms in total. The summed E-state index contributed by atoms with van der Waals surface area (Å²) in [4.78, 5) is 23.4. The molecular weight excluding hydrogens is 273 g/mol. The second kappa shape index (κ2) is 7.73. The van der Waals surface area contributed by atoms with Gasteiger partial charge in [-0.1, -0.05) is 26.0 Å². The predicted octanol–water partition coefficient (Wildman–Crippen LogP) is 1.10. The Labute approximate surface area is 124 Å². The molecule has 0 unspecified atom stereocenters. The van der Waals surface area contributed by atoms with Gasteiger partial charge in [0.15, 0.2) is 0 Å². The Balaban J connectivity index is 2.45. The molecule has 0 spiro atoms. The minimum atomic E-state index is -0.640. The maximum atomic E-state index is 13.1. The highest BCUT2D eigenvalue weighted by Crippen LogP contribution is 2.12. The zero-order valence-corrected chi connectivity index (χ0v) is 12.5. The molecule has 0 aliphatic rings. The van der Waals surface area contributed by atoms with Crippen molar-refractivity contribution in [1.29, 1.82) is 0 Å². The number of hydrogen-bond acceptors (Lipinski definition) is 3. The maximum Gasteiger partial charge on any atom is 0.239 e. The second-order valence-electron chi connectivity index (χ2n) is 5.33. The van der Waals surface area contributed by atoms with E-state index in [1.165, 1.54) is 12.1 Å². The molecule has 2 atom stereocenters. The number of nitrogens with two attached hydrogens (primary N) is 1. The fraction of sp³-hybridized carbons (Fsp3) is 0.467. The first-order valence-corrected chi connectivity index (χ1v) is 6.89. The van der Waals surface area contributed by atoms with Crippen LogP contribution >= 0.6 is 0 Å². The lowest BCUT2D eigenvalue weighted by Gasteiger charge is -2.17. The van der Waals surface area contributed by atoms with Crippen LogP contribution < -0.4 is 16.4 Å². The van der Waals surface area contributed by atoms with Gasteiger partial charge in [-0.25, -0.2) is 4.39 Å². The van der Waals surface area contributed by atoms with Gasteiger partial charge >= 0.3 is 0 Å². The van der Waals surface area contributed by atoms with Crippen LogP contribution in [0.25, 0.3) is 0 Å². The molecule has 0 aromatic heterocycles. The normalized spacial score (nSPS) is 13.6. The molecule has 0 saturated carbocycles. The van der Waals surface area contributed by atoms with Crippen LogP contribution in [0.5, 0.6) is 0 Å². The van der Waals surface area contributed by atoms with Crippen molar-refractivity contribution in [3.63, 3.8) is 0 Å². The molecule has 0 radical (unpaired) electrons. The van der Waals surface area contributed by atoms with Gasteiger partial charge in [0.1, 0.15) is 5.82 Å². The van der Waals surface area contributed by atoms with E-state index in [-0.39, 0.29) is 36.1 Å². The highest BCUT2D eigenvalue weighted by molar-refractivity contribution is 5.87. The Bertz CT molecular complexity index is 505. The fourth-order valence-electron chi connectivity index (χ4n) is 1.74. The third-order valence-corrected chi connectivity index (χ3v) is 3.17. The molecule has 2 amide bonds. The molecule has 0 aliphatic carbocycles. The first kappa shape index (κ1) is 17.1. The summed E-state index contributed by atoms with van der Waals surface area (Å²) in [6.45, 7) is 5.25. The lowest BCUT2D eigenvalue weighted by molar-refractivity contribution is -0.127. The van der Waals surface area contributed by atoms with Crippen LogP contribution in [0, 0.1) is 11.7 Å². The minimum absolute atomic E-state index is 0.000668. The number of hydrogen-bond donors (Lipinski definition) is 3. The van der Waals surface area contributed by atoms with Gasteiger partial charge in [-0.3, -0.25) is 9.59 Å². The fourth-order valence-corrected chi connectivity index (χ4v) is 1.74. The summed E-state index contributed by atoms with van der Waals surface area (Å²) in [5.41, 5.74) is 6.33. The van der Waals surface area contributed by atoms with Gasteiger partial charge in [-0.15, -0.1) is 0 Å². The van der Waals surface area contributed by atoms with E-state index in [9.17, 15) is 14.0 Å². The van der Waals surface area contributed by atoms with Crippen molar-refractivity contribution in [3.8, 4) is 0 Å². The zero-order valence-electron chi connectivity index (χ0n) is 12.5. The van der Waals surface area contributed by atoms with Crippen LogP contribution in [0.4, 0.5) is 4.39 Å². The largest absolute Gasteiger partial charge is 0.348 e. The van der Waals surface area contributed by atoms with Crippen molar-refractivity contribution < 1.29 is 14.0 Å². The molecule has 0 aliphatic heterocycles. The zero-order chi connectivity index (χ0) is 16.0. The minimum Gasteiger partial charge on any atom is -0.348 e. The first-order valence-electron chi connectivity index (χ1n) is 6.89. The van der Waals surface area contributed by atoms with E-state index >= 15 is 0 Å². The quantitative estimate of drug-likeness (QED) is 0.735. The molecule has 116 valence electrons. The number of carbonyl (C=O) groups is 2. The van der Waals surface area contributed by atoms with Gasteiger partial charge in [-0.05, 0) is 30.5 Å². The standard InChI is InChI=1S/C15H22FN3O2/c1-9(2)14(17)15(21)18-8-13(20)19-10(3)11-5-4-6-12(16)7-11/h4-7,9-10,14H,8,17H2,1-3H3,(H,18,21)(H,19,20)/t10-,14+/m1/s1. The second-order valence-corrected chi connectivity index (χ2v) is 5.33. The topological polar surface area (TPSA) is 84.2 Å². The van der Waals surface area contributed by atoms with Gasteiger partial charge < -0.3 is 16.4 Å². The van der Waals surface area contributed by atoms with Gasteiger partial charge in [0.25, 0.3) is 0 Å². The molecule has 21 heavy (non-hydrogen) atoms. The van der Waals surface area contributed by atoms with Crippen molar-refractivity contribution in [2.75, 3.05) is 6.54 Å². The summed E-state index contributed by atoms with van der Waals surface area (Å²) < 4.78 is 13.1. The molecule has 1 aromatic carbocycles. The SMILES string of the molecule is CC(C)[C@H](N)C(=O)NCC(=O)N[C@H](C)c1cccc(F)c1. The molecule has 1 rings (SSSR count). The van der Waals surface area contributed by atoms with E-state index < -0.39 is 6.04 Å². The lowest BCUT2D eigenvalue weighted by Crippen LogP contribution is -2.47. The Kier molecular flexibility index (Phi) is 6.30. The average Bonchev–Trinajstić information content (AvgIpc) is 2.43. The number of carbonyl (C=O) groups excluding carboxylic acids is 2. The Morgan fingerprint density at radius 3 is 2.52 bits per heavy atom. The average molecular weight is 295 g/mol. The number of benzene rings is 1. The van der Waals surface area contributed by atoms with Crippen molar-refractivity contribution in [2.45, 2.75) is 32.9 Å². The molecule has 6 heteroatoms. The predicted molar refractivity (Wildman–Crippen MR) is 78.8 cm³/mol. The van der Waals surface area contributed by atoms with Crippen LogP contribution in [-0.4, -0.2) is 24.4 Å². The van der Waals surface area contributed by atoms with Crippen LogP contribution in [0.15, 0.2) is 24.3 Å². The third kappa shape index (κ3) is 5.51. The van der Waals surface area contributed by atoms with E-state index in [0.29, 0.717) is 5.56 Å². The smallest absolute Gasteiger partial charge is 0.239 e. The van der Waals surface area contributed by atoms with E-state index in [4.69, 9.17) is 5.73 Å². The Hall–Kier alpha value is -1.95.